The molecule has 0 aliphatic carbocycles. The van der Waals surface area contributed by atoms with E-state index >= 15 is 0 Å². The van der Waals surface area contributed by atoms with Crippen molar-refractivity contribution in [2.45, 2.75) is 0 Å². The number of fused-ring (bicyclic) bond motifs is 1. The Hall–Kier alpha value is -1.78. The molecule has 1 aromatic rings. The minimum Gasteiger partial charge on any atom is -0.484 e. The highest BCUT2D eigenvalue weighted by molar-refractivity contribution is 5.84. The lowest BCUT2D eigenvalue weighted by atomic mass is 10.2. The highest BCUT2D eigenvalue weighted by atomic mass is 16.6. The number of nitrogens with zero attached hydrogens (tertiary/aromatic N) is 2. The number of oxime groups is 1. The SMILES string of the molecule is O/N=C/c1ccnc2c1OCCO2. The van der Waals surface area contributed by atoms with Crippen molar-refractivity contribution in [1.82, 2.24) is 4.98 Å². The van der Waals surface area contributed by atoms with E-state index in [9.17, 15) is 0 Å². The molecule has 0 atom stereocenters. The molecule has 0 aromatic carbocycles. The maximum absolute atomic E-state index is 8.37. The van der Waals surface area contributed by atoms with E-state index in [1.54, 1.807) is 12.3 Å². The average molecular weight is 180 g/mol. The van der Waals surface area contributed by atoms with Crippen LogP contribution in [0.15, 0.2) is 17.4 Å². The Morgan fingerprint density at radius 2 is 2.31 bits per heavy atom. The molecule has 1 aliphatic rings. The van der Waals surface area contributed by atoms with Gasteiger partial charge in [0.1, 0.15) is 13.2 Å². The molecule has 0 fully saturated rings. The number of hydrogen-bond acceptors (Lipinski definition) is 5. The topological polar surface area (TPSA) is 63.9 Å². The molecule has 0 bridgehead atoms. The van der Waals surface area contributed by atoms with E-state index in [0.717, 1.165) is 0 Å². The first kappa shape index (κ1) is 7.85. The van der Waals surface area contributed by atoms with E-state index < -0.39 is 0 Å². The maximum Gasteiger partial charge on any atom is 0.257 e. The second kappa shape index (κ2) is 3.30. The van der Waals surface area contributed by atoms with Gasteiger partial charge in [-0.1, -0.05) is 5.16 Å². The Balaban J connectivity index is 2.45. The number of ether oxygens (including phenoxy) is 2. The van der Waals surface area contributed by atoms with Gasteiger partial charge in [0.25, 0.3) is 5.88 Å². The van der Waals surface area contributed by atoms with Crippen molar-refractivity contribution in [1.29, 1.82) is 0 Å². The van der Waals surface area contributed by atoms with Crippen molar-refractivity contribution in [3.05, 3.63) is 17.8 Å². The van der Waals surface area contributed by atoms with Gasteiger partial charge in [-0.3, -0.25) is 0 Å². The Labute approximate surface area is 74.6 Å². The molecule has 5 nitrogen and oxygen atoms in total. The van der Waals surface area contributed by atoms with Crippen LogP contribution in [-0.4, -0.2) is 29.6 Å². The summed E-state index contributed by atoms with van der Waals surface area (Å²) in [4.78, 5) is 3.97. The van der Waals surface area contributed by atoms with Gasteiger partial charge in [-0.15, -0.1) is 0 Å². The summed E-state index contributed by atoms with van der Waals surface area (Å²) in [5.41, 5.74) is 0.659. The zero-order valence-electron chi connectivity index (χ0n) is 6.80. The smallest absolute Gasteiger partial charge is 0.257 e. The number of pyridine rings is 1. The van der Waals surface area contributed by atoms with Crippen LogP contribution in [0, 0.1) is 0 Å². The molecule has 13 heavy (non-hydrogen) atoms. The fourth-order valence-corrected chi connectivity index (χ4v) is 1.14. The fourth-order valence-electron chi connectivity index (χ4n) is 1.14. The van der Waals surface area contributed by atoms with Crippen molar-refractivity contribution in [2.24, 2.45) is 5.16 Å². The highest BCUT2D eigenvalue weighted by Gasteiger charge is 2.15. The largest absolute Gasteiger partial charge is 0.484 e. The van der Waals surface area contributed by atoms with Gasteiger partial charge in [-0.25, -0.2) is 4.98 Å². The minimum absolute atomic E-state index is 0.448. The van der Waals surface area contributed by atoms with Crippen molar-refractivity contribution in [2.75, 3.05) is 13.2 Å². The van der Waals surface area contributed by atoms with Gasteiger partial charge in [0, 0.05) is 11.8 Å². The molecule has 1 aliphatic heterocycles. The second-order valence-electron chi connectivity index (χ2n) is 2.48. The molecule has 2 heterocycles. The third-order valence-electron chi connectivity index (χ3n) is 1.67. The molecule has 0 saturated carbocycles. The predicted molar refractivity (Wildman–Crippen MR) is 44.6 cm³/mol. The van der Waals surface area contributed by atoms with Crippen LogP contribution < -0.4 is 9.47 Å². The van der Waals surface area contributed by atoms with Crippen LogP contribution in [0.3, 0.4) is 0 Å². The summed E-state index contributed by atoms with van der Waals surface area (Å²) in [6.45, 7) is 0.991. The van der Waals surface area contributed by atoms with Crippen molar-refractivity contribution in [3.63, 3.8) is 0 Å². The Morgan fingerprint density at radius 3 is 3.15 bits per heavy atom. The van der Waals surface area contributed by atoms with Crippen LogP contribution in [-0.2, 0) is 0 Å². The minimum atomic E-state index is 0.448. The standard InChI is InChI=1S/C8H8N2O3/c11-10-5-6-1-2-9-8-7(6)12-3-4-13-8/h1-2,5,11H,3-4H2/b10-5+. The van der Waals surface area contributed by atoms with Gasteiger partial charge in [0.15, 0.2) is 5.75 Å². The summed E-state index contributed by atoms with van der Waals surface area (Å²) in [7, 11) is 0. The fraction of sp³-hybridized carbons (Fsp3) is 0.250. The first-order valence-electron chi connectivity index (χ1n) is 3.84. The third-order valence-corrected chi connectivity index (χ3v) is 1.67. The van der Waals surface area contributed by atoms with Crippen molar-refractivity contribution < 1.29 is 14.7 Å². The number of rotatable bonds is 1. The normalized spacial score (nSPS) is 14.8. The molecule has 2 rings (SSSR count). The summed E-state index contributed by atoms with van der Waals surface area (Å²) in [6, 6.07) is 1.69. The number of aromatic nitrogens is 1. The lowest BCUT2D eigenvalue weighted by Crippen LogP contribution is -2.17. The molecular weight excluding hydrogens is 172 g/mol. The zero-order chi connectivity index (χ0) is 9.10. The molecule has 1 N–H and O–H groups in total. The van der Waals surface area contributed by atoms with Gasteiger partial charge in [-0.2, -0.15) is 0 Å². The average Bonchev–Trinajstić information content (AvgIpc) is 2.19. The molecule has 0 spiro atoms. The zero-order valence-corrected chi connectivity index (χ0v) is 6.80. The third kappa shape index (κ3) is 1.40. The Morgan fingerprint density at radius 1 is 1.46 bits per heavy atom. The van der Waals surface area contributed by atoms with Gasteiger partial charge in [0.2, 0.25) is 0 Å². The summed E-state index contributed by atoms with van der Waals surface area (Å²) in [5.74, 6) is 0.982. The summed E-state index contributed by atoms with van der Waals surface area (Å²) in [5, 5.41) is 11.3. The van der Waals surface area contributed by atoms with E-state index in [4.69, 9.17) is 14.7 Å². The summed E-state index contributed by atoms with van der Waals surface area (Å²) >= 11 is 0. The van der Waals surface area contributed by atoms with Crippen LogP contribution in [0.4, 0.5) is 0 Å². The van der Waals surface area contributed by atoms with E-state index in [0.29, 0.717) is 30.4 Å². The monoisotopic (exact) mass is 180 g/mol. The molecule has 0 unspecified atom stereocenters. The van der Waals surface area contributed by atoms with Crippen molar-refractivity contribution in [3.8, 4) is 11.6 Å². The summed E-state index contributed by atoms with van der Waals surface area (Å²) in [6.07, 6.45) is 2.86. The second-order valence-corrected chi connectivity index (χ2v) is 2.48. The van der Waals surface area contributed by atoms with Crippen LogP contribution in [0.1, 0.15) is 5.56 Å². The molecule has 1 aromatic heterocycles. The van der Waals surface area contributed by atoms with Crippen LogP contribution >= 0.6 is 0 Å². The molecule has 5 heteroatoms. The summed E-state index contributed by atoms with van der Waals surface area (Å²) < 4.78 is 10.5. The Kier molecular flexibility index (Phi) is 1.99. The lowest BCUT2D eigenvalue weighted by Gasteiger charge is -2.17. The first-order valence-corrected chi connectivity index (χ1v) is 3.84. The van der Waals surface area contributed by atoms with Crippen LogP contribution in [0.5, 0.6) is 11.6 Å². The molecule has 0 radical (unpaired) electrons. The molecule has 68 valence electrons. The van der Waals surface area contributed by atoms with E-state index in [1.807, 2.05) is 0 Å². The van der Waals surface area contributed by atoms with Crippen LogP contribution in [0.25, 0.3) is 0 Å². The lowest BCUT2D eigenvalue weighted by molar-refractivity contribution is 0.164. The molecular formula is C8H8N2O3. The first-order chi connectivity index (χ1) is 6.42. The van der Waals surface area contributed by atoms with Gasteiger partial charge >= 0.3 is 0 Å². The van der Waals surface area contributed by atoms with E-state index in [-0.39, 0.29) is 0 Å². The van der Waals surface area contributed by atoms with E-state index in [1.165, 1.54) is 6.21 Å². The van der Waals surface area contributed by atoms with Gasteiger partial charge in [0.05, 0.1) is 6.21 Å². The van der Waals surface area contributed by atoms with Gasteiger partial charge in [-0.05, 0) is 6.07 Å². The predicted octanol–water partition coefficient (Wildman–Crippen LogP) is 0.661. The van der Waals surface area contributed by atoms with E-state index in [2.05, 4.69) is 10.1 Å². The van der Waals surface area contributed by atoms with Gasteiger partial charge < -0.3 is 14.7 Å². The highest BCUT2D eigenvalue weighted by Crippen LogP contribution is 2.29. The van der Waals surface area contributed by atoms with Crippen molar-refractivity contribution >= 4 is 6.21 Å². The quantitative estimate of drug-likeness (QED) is 0.391. The Bertz CT molecular complexity index is 338. The number of hydrogen-bond donors (Lipinski definition) is 1. The molecule has 0 amide bonds. The maximum atomic E-state index is 8.37. The molecule has 0 saturated heterocycles. The van der Waals surface area contributed by atoms with Crippen LogP contribution in [0.2, 0.25) is 0 Å².